The Bertz CT molecular complexity index is 837. The third-order valence-electron chi connectivity index (χ3n) is 5.14. The lowest BCUT2D eigenvalue weighted by Gasteiger charge is -2.42. The van der Waals surface area contributed by atoms with Crippen LogP contribution in [0.4, 0.5) is 5.82 Å². The van der Waals surface area contributed by atoms with E-state index in [1.807, 2.05) is 0 Å². The lowest BCUT2D eigenvalue weighted by molar-refractivity contribution is -0.276. The zero-order valence-electron chi connectivity index (χ0n) is 16.5. The lowest BCUT2D eigenvalue weighted by atomic mass is 9.97. The van der Waals surface area contributed by atoms with E-state index in [0.717, 1.165) is 4.57 Å². The number of amides is 1. The van der Waals surface area contributed by atoms with E-state index >= 15 is 0 Å². The number of hydrogen-bond acceptors (Lipinski definition) is 12. The molecule has 0 spiro atoms. The number of rotatable bonds is 6. The number of aliphatic hydroxyl groups is 5. The minimum absolute atomic E-state index is 0.0215. The van der Waals surface area contributed by atoms with Crippen LogP contribution in [0.15, 0.2) is 17.1 Å². The first-order chi connectivity index (χ1) is 14.6. The van der Waals surface area contributed by atoms with Crippen molar-refractivity contribution < 1.29 is 44.5 Å². The summed E-state index contributed by atoms with van der Waals surface area (Å²) in [4.78, 5) is 27.0. The minimum Gasteiger partial charge on any atom is -0.394 e. The molecule has 0 saturated carbocycles. The summed E-state index contributed by atoms with van der Waals surface area (Å²) in [5, 5.41) is 52.6. The van der Waals surface area contributed by atoms with Gasteiger partial charge in [0.25, 0.3) is 0 Å². The Morgan fingerprint density at radius 3 is 2.48 bits per heavy atom. The van der Waals surface area contributed by atoms with Gasteiger partial charge in [0.2, 0.25) is 5.91 Å². The van der Waals surface area contributed by atoms with Crippen molar-refractivity contribution in [2.75, 3.05) is 18.9 Å². The molecule has 0 aromatic carbocycles. The minimum atomic E-state index is -1.51. The molecule has 3 heterocycles. The van der Waals surface area contributed by atoms with Gasteiger partial charge >= 0.3 is 5.69 Å². The van der Waals surface area contributed by atoms with Crippen LogP contribution in [-0.2, 0) is 19.0 Å². The van der Waals surface area contributed by atoms with Crippen LogP contribution in [0.1, 0.15) is 13.2 Å². The number of hydrogen-bond donors (Lipinski definition) is 7. The molecule has 0 unspecified atom stereocenters. The van der Waals surface area contributed by atoms with E-state index in [1.54, 1.807) is 0 Å². The van der Waals surface area contributed by atoms with Gasteiger partial charge in [0, 0.05) is 13.1 Å². The summed E-state index contributed by atoms with van der Waals surface area (Å²) in [5.74, 6) is -0.550. The maximum Gasteiger partial charge on any atom is 0.351 e. The Morgan fingerprint density at radius 1 is 1.19 bits per heavy atom. The maximum atomic E-state index is 12.0. The second kappa shape index (κ2) is 9.54. The maximum absolute atomic E-state index is 12.0. The van der Waals surface area contributed by atoms with Crippen LogP contribution in [0, 0.1) is 0 Å². The van der Waals surface area contributed by atoms with Crippen LogP contribution in [0.3, 0.4) is 0 Å². The van der Waals surface area contributed by atoms with E-state index in [-0.39, 0.29) is 12.4 Å². The largest absolute Gasteiger partial charge is 0.394 e. The van der Waals surface area contributed by atoms with Gasteiger partial charge in [0.1, 0.15) is 48.5 Å². The van der Waals surface area contributed by atoms with Crippen molar-refractivity contribution in [3.8, 4) is 0 Å². The van der Waals surface area contributed by atoms with Gasteiger partial charge in [-0.3, -0.25) is 9.36 Å². The molecule has 0 bridgehead atoms. The molecule has 0 radical (unpaired) electrons. The number of nitrogens with two attached hydrogens (primary N) is 1. The van der Waals surface area contributed by atoms with Crippen LogP contribution in [0.2, 0.25) is 0 Å². The number of carbonyl (C=O) groups excluding carboxylic acids is 1. The number of carbonyl (C=O) groups is 1. The topological polar surface area (TPSA) is 219 Å². The molecule has 2 saturated heterocycles. The van der Waals surface area contributed by atoms with E-state index in [9.17, 15) is 35.1 Å². The van der Waals surface area contributed by atoms with Gasteiger partial charge in [-0.2, -0.15) is 4.98 Å². The first kappa shape index (κ1) is 23.5. The number of aliphatic hydroxyl groups excluding tert-OH is 5. The summed E-state index contributed by atoms with van der Waals surface area (Å²) < 4.78 is 17.5. The smallest absolute Gasteiger partial charge is 0.351 e. The number of aromatic nitrogens is 2. The number of nitrogen functional groups attached to an aromatic ring is 1. The molecule has 0 aliphatic carbocycles. The highest BCUT2D eigenvalue weighted by atomic mass is 16.7. The second-order valence-corrected chi connectivity index (χ2v) is 7.35. The highest BCUT2D eigenvalue weighted by Crippen LogP contribution is 2.30. The molecule has 3 rings (SSSR count). The average molecular weight is 446 g/mol. The molecule has 1 aromatic heterocycles. The molecule has 2 aliphatic rings. The summed E-state index contributed by atoms with van der Waals surface area (Å²) in [6.45, 7) is 0.187. The summed E-state index contributed by atoms with van der Waals surface area (Å²) in [7, 11) is 0. The van der Waals surface area contributed by atoms with Crippen LogP contribution in [0.25, 0.3) is 0 Å². The van der Waals surface area contributed by atoms with Crippen molar-refractivity contribution in [3.63, 3.8) is 0 Å². The molecule has 2 aliphatic heterocycles. The van der Waals surface area contributed by atoms with Gasteiger partial charge in [-0.25, -0.2) is 4.79 Å². The summed E-state index contributed by atoms with van der Waals surface area (Å²) in [6.07, 6.45) is -9.56. The van der Waals surface area contributed by atoms with E-state index in [4.69, 9.17) is 19.9 Å². The molecule has 2 fully saturated rings. The van der Waals surface area contributed by atoms with E-state index in [2.05, 4.69) is 10.3 Å². The van der Waals surface area contributed by atoms with Gasteiger partial charge in [-0.05, 0) is 6.07 Å². The molecule has 8 N–H and O–H groups in total. The quantitative estimate of drug-likeness (QED) is 0.219. The number of nitrogens with zero attached hydrogens (tertiary/aromatic N) is 2. The Labute approximate surface area is 175 Å². The third-order valence-corrected chi connectivity index (χ3v) is 5.14. The zero-order valence-corrected chi connectivity index (χ0v) is 16.5. The zero-order chi connectivity index (χ0) is 22.9. The Kier molecular flexibility index (Phi) is 7.23. The molecule has 14 heteroatoms. The number of ether oxygens (including phenoxy) is 3. The number of anilines is 1. The second-order valence-electron chi connectivity index (χ2n) is 7.35. The molecule has 14 nitrogen and oxygen atoms in total. The highest BCUT2D eigenvalue weighted by Gasteiger charge is 2.48. The lowest BCUT2D eigenvalue weighted by Crippen LogP contribution is -2.64. The molecule has 9 atom stereocenters. The van der Waals surface area contributed by atoms with Gasteiger partial charge in [0.05, 0.1) is 13.2 Å². The Balaban J connectivity index is 1.71. The first-order valence-corrected chi connectivity index (χ1v) is 9.51. The third kappa shape index (κ3) is 4.86. The molecule has 1 aromatic rings. The van der Waals surface area contributed by atoms with Crippen LogP contribution < -0.4 is 16.7 Å². The fourth-order valence-electron chi connectivity index (χ4n) is 3.52. The van der Waals surface area contributed by atoms with Crippen LogP contribution in [0.5, 0.6) is 0 Å². The molecule has 1 amide bonds. The van der Waals surface area contributed by atoms with Crippen LogP contribution >= 0.6 is 0 Å². The van der Waals surface area contributed by atoms with Crippen LogP contribution in [-0.4, -0.2) is 103 Å². The summed E-state index contributed by atoms with van der Waals surface area (Å²) >= 11 is 0. The average Bonchev–Trinajstić information content (AvgIpc) is 2.99. The van der Waals surface area contributed by atoms with E-state index in [0.29, 0.717) is 0 Å². The molecule has 31 heavy (non-hydrogen) atoms. The standard InChI is InChI=1S/C17H26N4O10/c1-6(23)19-10-13(26)11(24)7(4-22)31-16(10)29-5-8-12(25)14(27)15(30-8)21-3-2-9(18)20-17(21)28/h2-3,7-8,10-16,22,24-27H,4-5H2,1H3,(H,19,23)(H2,18,20,28)/t7-,8-,10-,11-,12-,13-,14+,15-,16+/m1/s1. The fraction of sp³-hybridized carbons (Fsp3) is 0.706. The Hall–Kier alpha value is -2.17. The summed E-state index contributed by atoms with van der Waals surface area (Å²) in [6, 6.07) is 0.141. The van der Waals surface area contributed by atoms with Gasteiger partial charge < -0.3 is 50.8 Å². The number of nitrogens with one attached hydrogen (secondary N) is 1. The normalized spacial score (nSPS) is 38.2. The predicted molar refractivity (Wildman–Crippen MR) is 100 cm³/mol. The van der Waals surface area contributed by atoms with Gasteiger partial charge in [-0.15, -0.1) is 0 Å². The predicted octanol–water partition coefficient (Wildman–Crippen LogP) is -4.59. The van der Waals surface area contributed by atoms with Crippen molar-refractivity contribution in [3.05, 3.63) is 22.7 Å². The monoisotopic (exact) mass is 446 g/mol. The summed E-state index contributed by atoms with van der Waals surface area (Å²) in [5.41, 5.74) is 4.65. The van der Waals surface area contributed by atoms with Crippen molar-refractivity contribution in [1.82, 2.24) is 14.9 Å². The first-order valence-electron chi connectivity index (χ1n) is 9.51. The van der Waals surface area contributed by atoms with Gasteiger partial charge in [-0.1, -0.05) is 0 Å². The molecular weight excluding hydrogens is 420 g/mol. The van der Waals surface area contributed by atoms with Crippen molar-refractivity contribution in [1.29, 1.82) is 0 Å². The van der Waals surface area contributed by atoms with E-state index < -0.39 is 73.4 Å². The van der Waals surface area contributed by atoms with Crippen molar-refractivity contribution in [2.45, 2.75) is 62.1 Å². The fourth-order valence-corrected chi connectivity index (χ4v) is 3.52. The molecule has 174 valence electrons. The van der Waals surface area contributed by atoms with Gasteiger partial charge in [0.15, 0.2) is 12.5 Å². The van der Waals surface area contributed by atoms with Crippen molar-refractivity contribution in [2.24, 2.45) is 0 Å². The van der Waals surface area contributed by atoms with E-state index in [1.165, 1.54) is 19.2 Å². The Morgan fingerprint density at radius 2 is 1.87 bits per heavy atom. The molecular formula is C17H26N4O10. The van der Waals surface area contributed by atoms with Crippen molar-refractivity contribution >= 4 is 11.7 Å². The highest BCUT2D eigenvalue weighted by molar-refractivity contribution is 5.73. The SMILES string of the molecule is CC(=O)N[C@H]1[C@@H](OC[C@H]2O[C@@H](n3ccc(N)nc3=O)[C@@H](O)[C@@H]2O)O[C@H](CO)[C@@H](O)[C@@H]1O.